The number of nitrogens with one attached hydrogen (secondary N) is 1. The van der Waals surface area contributed by atoms with Crippen LogP contribution in [-0.4, -0.2) is 26.0 Å². The van der Waals surface area contributed by atoms with Crippen molar-refractivity contribution in [3.63, 3.8) is 0 Å². The Morgan fingerprint density at radius 2 is 2.30 bits per heavy atom. The molecule has 2 aromatic rings. The summed E-state index contributed by atoms with van der Waals surface area (Å²) in [6, 6.07) is 6.34. The number of hydrogen-bond acceptors (Lipinski definition) is 5. The molecule has 1 aromatic carbocycles. The number of rotatable bonds is 5. The predicted molar refractivity (Wildman–Crippen MR) is 77.8 cm³/mol. The minimum absolute atomic E-state index is 0.102. The lowest BCUT2D eigenvalue weighted by atomic mass is 10.1. The number of tetrazole rings is 1. The van der Waals surface area contributed by atoms with Gasteiger partial charge in [0.25, 0.3) is 0 Å². The SMILES string of the molecule is Cc1cc(C(=N)N)ccc1CSc1nnnn1C1CC1. The molecule has 0 amide bonds. The second-order valence-corrected chi connectivity index (χ2v) is 5.92. The maximum Gasteiger partial charge on any atom is 0.209 e. The zero-order valence-corrected chi connectivity index (χ0v) is 12.0. The first-order valence-electron chi connectivity index (χ1n) is 6.49. The topological polar surface area (TPSA) is 93.5 Å². The highest BCUT2D eigenvalue weighted by molar-refractivity contribution is 7.98. The van der Waals surface area contributed by atoms with Gasteiger partial charge >= 0.3 is 0 Å². The van der Waals surface area contributed by atoms with E-state index in [0.717, 1.165) is 22.0 Å². The van der Waals surface area contributed by atoms with Crippen molar-refractivity contribution in [2.24, 2.45) is 5.73 Å². The van der Waals surface area contributed by atoms with E-state index < -0.39 is 0 Å². The summed E-state index contributed by atoms with van der Waals surface area (Å²) in [6.45, 7) is 2.03. The fraction of sp³-hybridized carbons (Fsp3) is 0.385. The molecule has 0 atom stereocenters. The molecule has 1 aliphatic rings. The van der Waals surface area contributed by atoms with Crippen LogP contribution in [0.5, 0.6) is 0 Å². The van der Waals surface area contributed by atoms with Crippen LogP contribution in [0.2, 0.25) is 0 Å². The highest BCUT2D eigenvalue weighted by Gasteiger charge is 2.27. The van der Waals surface area contributed by atoms with Crippen LogP contribution in [0.1, 0.15) is 35.6 Å². The van der Waals surface area contributed by atoms with E-state index in [4.69, 9.17) is 11.1 Å². The second-order valence-electron chi connectivity index (χ2n) is 4.98. The number of aromatic nitrogens is 4. The number of thioether (sulfide) groups is 1. The molecule has 3 N–H and O–H groups in total. The van der Waals surface area contributed by atoms with Gasteiger partial charge in [-0.15, -0.1) is 5.10 Å². The lowest BCUT2D eigenvalue weighted by Crippen LogP contribution is -2.11. The number of nitrogen functional groups attached to an aromatic ring is 1. The zero-order chi connectivity index (χ0) is 14.1. The molecule has 7 heteroatoms. The molecule has 20 heavy (non-hydrogen) atoms. The third-order valence-electron chi connectivity index (χ3n) is 3.37. The number of nitrogens with two attached hydrogens (primary N) is 1. The molecule has 1 saturated carbocycles. The van der Waals surface area contributed by atoms with Gasteiger partial charge in [0.15, 0.2) is 0 Å². The average Bonchev–Trinajstić information content (AvgIpc) is 3.16. The second kappa shape index (κ2) is 5.24. The number of hydrogen-bond donors (Lipinski definition) is 2. The van der Waals surface area contributed by atoms with Gasteiger partial charge in [-0.3, -0.25) is 5.41 Å². The zero-order valence-electron chi connectivity index (χ0n) is 11.2. The van der Waals surface area contributed by atoms with Crippen molar-refractivity contribution in [2.45, 2.75) is 36.7 Å². The molecule has 1 aliphatic carbocycles. The Hall–Kier alpha value is -1.89. The van der Waals surface area contributed by atoms with Crippen molar-refractivity contribution in [3.05, 3.63) is 34.9 Å². The smallest absolute Gasteiger partial charge is 0.209 e. The maximum atomic E-state index is 7.44. The van der Waals surface area contributed by atoms with E-state index in [9.17, 15) is 0 Å². The Labute approximate surface area is 121 Å². The summed E-state index contributed by atoms with van der Waals surface area (Å²) < 4.78 is 1.92. The van der Waals surface area contributed by atoms with Crippen molar-refractivity contribution < 1.29 is 0 Å². The summed E-state index contributed by atoms with van der Waals surface area (Å²) in [7, 11) is 0. The van der Waals surface area contributed by atoms with Crippen LogP contribution < -0.4 is 5.73 Å². The predicted octanol–water partition coefficient (Wildman–Crippen LogP) is 1.89. The Kier molecular flexibility index (Phi) is 3.43. The normalized spacial score (nSPS) is 14.4. The lowest BCUT2D eigenvalue weighted by Gasteiger charge is -2.07. The molecule has 104 valence electrons. The molecule has 1 heterocycles. The van der Waals surface area contributed by atoms with Crippen LogP contribution in [-0.2, 0) is 5.75 Å². The van der Waals surface area contributed by atoms with Crippen LogP contribution in [0.15, 0.2) is 23.4 Å². The Morgan fingerprint density at radius 1 is 1.50 bits per heavy atom. The van der Waals surface area contributed by atoms with Gasteiger partial charge in [-0.05, 0) is 47.4 Å². The minimum Gasteiger partial charge on any atom is -0.384 e. The van der Waals surface area contributed by atoms with E-state index in [1.165, 1.54) is 18.4 Å². The van der Waals surface area contributed by atoms with Crippen molar-refractivity contribution >= 4 is 17.6 Å². The van der Waals surface area contributed by atoms with Gasteiger partial charge in [0.05, 0.1) is 6.04 Å². The van der Waals surface area contributed by atoms with E-state index in [2.05, 4.69) is 15.5 Å². The van der Waals surface area contributed by atoms with Gasteiger partial charge in [0.2, 0.25) is 5.16 Å². The molecule has 0 saturated heterocycles. The Balaban J connectivity index is 1.71. The van der Waals surface area contributed by atoms with Crippen molar-refractivity contribution in [1.29, 1.82) is 5.41 Å². The fourth-order valence-electron chi connectivity index (χ4n) is 2.00. The third kappa shape index (κ3) is 2.67. The molecule has 0 aliphatic heterocycles. The minimum atomic E-state index is 0.102. The van der Waals surface area contributed by atoms with Crippen LogP contribution in [0.4, 0.5) is 0 Å². The molecule has 6 nitrogen and oxygen atoms in total. The third-order valence-corrected chi connectivity index (χ3v) is 4.35. The fourth-order valence-corrected chi connectivity index (χ4v) is 3.02. The Morgan fingerprint density at radius 3 is 2.95 bits per heavy atom. The van der Waals surface area contributed by atoms with Gasteiger partial charge in [-0.25, -0.2) is 4.68 Å². The van der Waals surface area contributed by atoms with E-state index >= 15 is 0 Å². The monoisotopic (exact) mass is 288 g/mol. The first kappa shape index (κ1) is 13.1. The van der Waals surface area contributed by atoms with Crippen LogP contribution in [0.3, 0.4) is 0 Å². The summed E-state index contributed by atoms with van der Waals surface area (Å²) in [5.74, 6) is 0.918. The van der Waals surface area contributed by atoms with Gasteiger partial charge in [0.1, 0.15) is 5.84 Å². The van der Waals surface area contributed by atoms with Crippen LogP contribution in [0.25, 0.3) is 0 Å². The Bertz CT molecular complexity index is 646. The quantitative estimate of drug-likeness (QED) is 0.498. The van der Waals surface area contributed by atoms with E-state index in [1.54, 1.807) is 11.8 Å². The summed E-state index contributed by atoms with van der Waals surface area (Å²) >= 11 is 1.65. The highest BCUT2D eigenvalue weighted by atomic mass is 32.2. The number of amidine groups is 1. The first-order chi connectivity index (χ1) is 9.65. The maximum absolute atomic E-state index is 7.44. The van der Waals surface area contributed by atoms with Crippen molar-refractivity contribution in [3.8, 4) is 0 Å². The number of aryl methyl sites for hydroxylation is 1. The molecule has 1 aromatic heterocycles. The summed E-state index contributed by atoms with van der Waals surface area (Å²) in [5, 5.41) is 20.2. The number of benzene rings is 1. The average molecular weight is 288 g/mol. The molecule has 0 spiro atoms. The van der Waals surface area contributed by atoms with Crippen molar-refractivity contribution in [1.82, 2.24) is 20.2 Å². The van der Waals surface area contributed by atoms with Gasteiger partial charge in [0, 0.05) is 11.3 Å². The van der Waals surface area contributed by atoms with E-state index in [0.29, 0.717) is 6.04 Å². The van der Waals surface area contributed by atoms with Crippen molar-refractivity contribution in [2.75, 3.05) is 0 Å². The first-order valence-corrected chi connectivity index (χ1v) is 7.48. The molecule has 1 fully saturated rings. The molecule has 0 bridgehead atoms. The molecule has 3 rings (SSSR count). The summed E-state index contributed by atoms with van der Waals surface area (Å²) in [6.07, 6.45) is 2.34. The van der Waals surface area contributed by atoms with Gasteiger partial charge < -0.3 is 5.73 Å². The van der Waals surface area contributed by atoms with Gasteiger partial charge in [-0.1, -0.05) is 23.9 Å². The van der Waals surface area contributed by atoms with Crippen LogP contribution >= 0.6 is 11.8 Å². The molecule has 0 radical (unpaired) electrons. The highest BCUT2D eigenvalue weighted by Crippen LogP contribution is 2.37. The van der Waals surface area contributed by atoms with E-state index in [-0.39, 0.29) is 5.84 Å². The lowest BCUT2D eigenvalue weighted by molar-refractivity contribution is 0.565. The summed E-state index contributed by atoms with van der Waals surface area (Å²) in [5.41, 5.74) is 8.60. The summed E-state index contributed by atoms with van der Waals surface area (Å²) in [4.78, 5) is 0. The standard InChI is InChI=1S/C13H16N6S/c1-8-6-9(12(14)15)2-3-10(8)7-20-13-16-17-18-19(13)11-4-5-11/h2-3,6,11H,4-5,7H2,1H3,(H3,14,15). The van der Waals surface area contributed by atoms with E-state index in [1.807, 2.05) is 29.8 Å². The van der Waals surface area contributed by atoms with Gasteiger partial charge in [-0.2, -0.15) is 0 Å². The molecular weight excluding hydrogens is 272 g/mol. The largest absolute Gasteiger partial charge is 0.384 e. The molecule has 0 unspecified atom stereocenters. The molecular formula is C13H16N6S. The number of nitrogens with zero attached hydrogens (tertiary/aromatic N) is 4. The van der Waals surface area contributed by atoms with Crippen LogP contribution in [0, 0.1) is 12.3 Å².